The first-order chi connectivity index (χ1) is 10.1. The first-order valence-electron chi connectivity index (χ1n) is 5.75. The number of amides is 1. The van der Waals surface area contributed by atoms with Crippen LogP contribution in [0.1, 0.15) is 5.56 Å². The van der Waals surface area contributed by atoms with E-state index in [1.165, 1.54) is 24.3 Å². The Morgan fingerprint density at radius 3 is 2.67 bits per heavy atom. The molecule has 2 aromatic carbocycles. The number of anilines is 2. The molecule has 0 radical (unpaired) electrons. The summed E-state index contributed by atoms with van der Waals surface area (Å²) in [6.07, 6.45) is 0.488. The number of carbonyl (C=O) groups excluding carboxylic acids is 1. The van der Waals surface area contributed by atoms with Crippen molar-refractivity contribution in [2.75, 3.05) is 4.90 Å². The van der Waals surface area contributed by atoms with Crippen LogP contribution in [-0.2, 0) is 4.79 Å². The van der Waals surface area contributed by atoms with E-state index in [1.54, 1.807) is 18.2 Å². The summed E-state index contributed by atoms with van der Waals surface area (Å²) in [5.41, 5.74) is 0.751. The van der Waals surface area contributed by atoms with Crippen LogP contribution >= 0.6 is 11.6 Å². The molecule has 0 N–H and O–H groups in total. The normalized spacial score (nSPS) is 9.71. The van der Waals surface area contributed by atoms with E-state index in [0.717, 1.165) is 4.90 Å². The van der Waals surface area contributed by atoms with Crippen molar-refractivity contribution >= 4 is 35.1 Å². The molecule has 0 aliphatic rings. The molecule has 21 heavy (non-hydrogen) atoms. The van der Waals surface area contributed by atoms with Gasteiger partial charge in [-0.05, 0) is 24.3 Å². The van der Waals surface area contributed by atoms with E-state index in [1.807, 2.05) is 6.07 Å². The molecule has 0 unspecified atom stereocenters. The van der Waals surface area contributed by atoms with Gasteiger partial charge in [-0.1, -0.05) is 17.7 Å². The lowest BCUT2D eigenvalue weighted by atomic mass is 10.2. The minimum Gasteiger partial charge on any atom is -0.282 e. The molecule has 0 saturated heterocycles. The van der Waals surface area contributed by atoms with Gasteiger partial charge >= 0.3 is 0 Å². The Morgan fingerprint density at radius 2 is 2.05 bits per heavy atom. The highest BCUT2D eigenvalue weighted by molar-refractivity contribution is 6.34. The number of carbonyl (C=O) groups is 1. The fourth-order valence-corrected chi connectivity index (χ4v) is 1.99. The highest BCUT2D eigenvalue weighted by atomic mass is 35.5. The summed E-state index contributed by atoms with van der Waals surface area (Å²) in [6.45, 7) is 0. The van der Waals surface area contributed by atoms with Gasteiger partial charge in [-0.15, -0.1) is 0 Å². The number of non-ortho nitro benzene ring substituents is 1. The van der Waals surface area contributed by atoms with Gasteiger partial charge in [-0.3, -0.25) is 19.8 Å². The zero-order valence-electron chi connectivity index (χ0n) is 10.6. The van der Waals surface area contributed by atoms with E-state index in [-0.39, 0.29) is 16.4 Å². The highest BCUT2D eigenvalue weighted by Crippen LogP contribution is 2.34. The number of nitriles is 1. The molecule has 1 amide bonds. The number of nitrogens with zero attached hydrogens (tertiary/aromatic N) is 3. The van der Waals surface area contributed by atoms with E-state index in [9.17, 15) is 14.9 Å². The standard InChI is InChI=1S/C14H8ClN3O3/c15-13-5-4-12(18(20)21)7-14(13)17(9-19)11-3-1-2-10(6-11)8-16/h1-7,9H. The quantitative estimate of drug-likeness (QED) is 0.492. The Morgan fingerprint density at radius 1 is 1.29 bits per heavy atom. The minimum absolute atomic E-state index is 0.177. The van der Waals surface area contributed by atoms with Gasteiger partial charge in [-0.25, -0.2) is 0 Å². The summed E-state index contributed by atoms with van der Waals surface area (Å²) >= 11 is 6.01. The number of hydrogen-bond acceptors (Lipinski definition) is 4. The molecule has 2 aromatic rings. The van der Waals surface area contributed by atoms with Crippen molar-refractivity contribution in [1.82, 2.24) is 0 Å². The molecule has 0 aliphatic carbocycles. The highest BCUT2D eigenvalue weighted by Gasteiger charge is 2.17. The van der Waals surface area contributed by atoms with Gasteiger partial charge in [0.1, 0.15) is 0 Å². The van der Waals surface area contributed by atoms with Gasteiger partial charge in [0.15, 0.2) is 0 Å². The van der Waals surface area contributed by atoms with Gasteiger partial charge < -0.3 is 0 Å². The molecule has 104 valence electrons. The lowest BCUT2D eigenvalue weighted by Gasteiger charge is -2.18. The smallest absolute Gasteiger partial charge is 0.271 e. The van der Waals surface area contributed by atoms with Crippen LogP contribution in [0.5, 0.6) is 0 Å². The van der Waals surface area contributed by atoms with Gasteiger partial charge in [0.25, 0.3) is 5.69 Å². The summed E-state index contributed by atoms with van der Waals surface area (Å²) < 4.78 is 0. The minimum atomic E-state index is -0.575. The van der Waals surface area contributed by atoms with Crippen molar-refractivity contribution in [3.63, 3.8) is 0 Å². The predicted molar refractivity (Wildman–Crippen MR) is 77.5 cm³/mol. The van der Waals surface area contributed by atoms with Crippen LogP contribution in [-0.4, -0.2) is 11.3 Å². The third-order valence-corrected chi connectivity index (χ3v) is 3.08. The molecule has 0 saturated carbocycles. The van der Waals surface area contributed by atoms with Gasteiger partial charge in [0.05, 0.1) is 27.3 Å². The van der Waals surface area contributed by atoms with Crippen molar-refractivity contribution in [3.8, 4) is 6.07 Å². The monoisotopic (exact) mass is 301 g/mol. The molecule has 6 nitrogen and oxygen atoms in total. The van der Waals surface area contributed by atoms with Crippen LogP contribution in [0.3, 0.4) is 0 Å². The summed E-state index contributed by atoms with van der Waals surface area (Å²) in [6, 6.07) is 12.0. The average molecular weight is 302 g/mol. The number of nitro benzene ring substituents is 1. The van der Waals surface area contributed by atoms with Crippen molar-refractivity contribution in [2.24, 2.45) is 0 Å². The number of nitro groups is 1. The molecule has 0 aromatic heterocycles. The van der Waals surface area contributed by atoms with Crippen LogP contribution < -0.4 is 4.90 Å². The Balaban J connectivity index is 2.55. The molecule has 0 aliphatic heterocycles. The Labute approximate surface area is 124 Å². The number of hydrogen-bond donors (Lipinski definition) is 0. The third kappa shape index (κ3) is 2.99. The predicted octanol–water partition coefficient (Wildman–Crippen LogP) is 3.41. The van der Waals surface area contributed by atoms with Gasteiger partial charge in [-0.2, -0.15) is 5.26 Å². The van der Waals surface area contributed by atoms with Crippen LogP contribution in [0.2, 0.25) is 5.02 Å². The molecule has 0 atom stereocenters. The zero-order valence-corrected chi connectivity index (χ0v) is 11.3. The van der Waals surface area contributed by atoms with Crippen molar-refractivity contribution in [2.45, 2.75) is 0 Å². The SMILES string of the molecule is N#Cc1cccc(N(C=O)c2cc([N+](=O)[O-])ccc2Cl)c1. The second kappa shape index (κ2) is 6.03. The van der Waals surface area contributed by atoms with Crippen LogP contribution in [0.4, 0.5) is 17.1 Å². The maximum atomic E-state index is 11.4. The Hall–Kier alpha value is -2.91. The summed E-state index contributed by atoms with van der Waals surface area (Å²) in [5, 5.41) is 19.9. The lowest BCUT2D eigenvalue weighted by molar-refractivity contribution is -0.384. The maximum Gasteiger partial charge on any atom is 0.271 e. The van der Waals surface area contributed by atoms with Crippen molar-refractivity contribution in [1.29, 1.82) is 5.26 Å². The van der Waals surface area contributed by atoms with E-state index >= 15 is 0 Å². The summed E-state index contributed by atoms with van der Waals surface area (Å²) in [5.74, 6) is 0. The third-order valence-electron chi connectivity index (χ3n) is 2.76. The van der Waals surface area contributed by atoms with Crippen molar-refractivity contribution < 1.29 is 9.72 Å². The van der Waals surface area contributed by atoms with E-state index in [0.29, 0.717) is 17.7 Å². The molecule has 0 spiro atoms. The molecule has 0 bridgehead atoms. The van der Waals surface area contributed by atoms with E-state index in [2.05, 4.69) is 0 Å². The fraction of sp³-hybridized carbons (Fsp3) is 0. The number of rotatable bonds is 4. The lowest BCUT2D eigenvalue weighted by Crippen LogP contribution is -2.14. The summed E-state index contributed by atoms with van der Waals surface area (Å²) in [4.78, 5) is 22.8. The molecule has 2 rings (SSSR count). The topological polar surface area (TPSA) is 87.2 Å². The van der Waals surface area contributed by atoms with Crippen LogP contribution in [0, 0.1) is 21.4 Å². The van der Waals surface area contributed by atoms with Crippen molar-refractivity contribution in [3.05, 3.63) is 63.2 Å². The largest absolute Gasteiger partial charge is 0.282 e. The van der Waals surface area contributed by atoms with E-state index in [4.69, 9.17) is 16.9 Å². The first kappa shape index (κ1) is 14.5. The summed E-state index contributed by atoms with van der Waals surface area (Å²) in [7, 11) is 0. The number of benzene rings is 2. The molecular weight excluding hydrogens is 294 g/mol. The Bertz CT molecular complexity index is 755. The van der Waals surface area contributed by atoms with E-state index < -0.39 is 4.92 Å². The second-order valence-electron chi connectivity index (χ2n) is 4.03. The van der Waals surface area contributed by atoms with Crippen LogP contribution in [0.15, 0.2) is 42.5 Å². The number of halogens is 1. The molecular formula is C14H8ClN3O3. The first-order valence-corrected chi connectivity index (χ1v) is 6.13. The van der Waals surface area contributed by atoms with Gasteiger partial charge in [0, 0.05) is 17.8 Å². The zero-order chi connectivity index (χ0) is 15.4. The maximum absolute atomic E-state index is 11.4. The molecule has 7 heteroatoms. The molecule has 0 fully saturated rings. The Kier molecular flexibility index (Phi) is 4.16. The fourth-order valence-electron chi connectivity index (χ4n) is 1.78. The second-order valence-corrected chi connectivity index (χ2v) is 4.44. The van der Waals surface area contributed by atoms with Crippen LogP contribution in [0.25, 0.3) is 0 Å². The average Bonchev–Trinajstić information content (AvgIpc) is 2.50. The molecule has 0 heterocycles. The van der Waals surface area contributed by atoms with Gasteiger partial charge in [0.2, 0.25) is 6.41 Å².